The molecular weight excluding hydrogens is 410 g/mol. The van der Waals surface area contributed by atoms with E-state index >= 15 is 0 Å². The molecular formula is C29H29NO3. The summed E-state index contributed by atoms with van der Waals surface area (Å²) in [6.45, 7) is 5.03. The maximum atomic E-state index is 12.8. The molecule has 168 valence electrons. The Kier molecular flexibility index (Phi) is 5.53. The molecule has 4 nitrogen and oxygen atoms in total. The summed E-state index contributed by atoms with van der Waals surface area (Å²) in [5.41, 5.74) is 3.27. The van der Waals surface area contributed by atoms with Crippen LogP contribution in [0.2, 0.25) is 0 Å². The first-order valence-electron chi connectivity index (χ1n) is 11.7. The van der Waals surface area contributed by atoms with Crippen molar-refractivity contribution in [2.24, 2.45) is 5.92 Å². The normalized spacial score (nSPS) is 20.2. The number of rotatable bonds is 6. The van der Waals surface area contributed by atoms with E-state index in [9.17, 15) is 9.59 Å². The Labute approximate surface area is 195 Å². The molecule has 4 heteroatoms. The fourth-order valence-corrected chi connectivity index (χ4v) is 5.30. The molecule has 0 bridgehead atoms. The number of hydrogen-bond acceptors (Lipinski definition) is 3. The highest BCUT2D eigenvalue weighted by molar-refractivity contribution is 6.21. The van der Waals surface area contributed by atoms with Gasteiger partial charge in [-0.05, 0) is 48.9 Å². The molecule has 3 aromatic rings. The Hall–Kier alpha value is -3.40. The molecule has 0 saturated heterocycles. The van der Waals surface area contributed by atoms with Crippen molar-refractivity contribution in [2.45, 2.75) is 44.6 Å². The summed E-state index contributed by atoms with van der Waals surface area (Å²) in [7, 11) is 0. The fraction of sp³-hybridized carbons (Fsp3) is 0.310. The minimum absolute atomic E-state index is 0.0537. The van der Waals surface area contributed by atoms with Gasteiger partial charge in [-0.15, -0.1) is 0 Å². The molecule has 2 amide bonds. The number of ether oxygens (including phenoxy) is 1. The lowest BCUT2D eigenvalue weighted by Gasteiger charge is -2.28. The van der Waals surface area contributed by atoms with Gasteiger partial charge in [0.15, 0.2) is 0 Å². The second-order valence-corrected chi connectivity index (χ2v) is 9.66. The fourth-order valence-electron chi connectivity index (χ4n) is 5.30. The van der Waals surface area contributed by atoms with Crippen LogP contribution >= 0.6 is 0 Å². The third kappa shape index (κ3) is 3.84. The number of carbonyl (C=O) groups is 2. The number of hydrogen-bond donors (Lipinski definition) is 0. The number of para-hydroxylation sites is 1. The number of benzene rings is 3. The van der Waals surface area contributed by atoms with Crippen molar-refractivity contribution < 1.29 is 14.3 Å². The van der Waals surface area contributed by atoms with Crippen LogP contribution in [-0.2, 0) is 5.41 Å². The molecule has 1 heterocycles. The molecule has 1 fully saturated rings. The molecule has 2 atom stereocenters. The SMILES string of the molecule is CC(C)(c1ccccc1)c1ccccc1OCC1CCC(N2C(=O)c3ccccc3C2=O)C1. The molecule has 33 heavy (non-hydrogen) atoms. The highest BCUT2D eigenvalue weighted by atomic mass is 16.5. The first-order chi connectivity index (χ1) is 16.0. The summed E-state index contributed by atoms with van der Waals surface area (Å²) in [4.78, 5) is 27.2. The number of carbonyl (C=O) groups excluding carboxylic acids is 2. The van der Waals surface area contributed by atoms with Crippen LogP contribution in [0.15, 0.2) is 78.9 Å². The summed E-state index contributed by atoms with van der Waals surface area (Å²) in [6.07, 6.45) is 2.56. The van der Waals surface area contributed by atoms with E-state index in [1.807, 2.05) is 30.3 Å². The monoisotopic (exact) mass is 439 g/mol. The quantitative estimate of drug-likeness (QED) is 0.452. The lowest BCUT2D eigenvalue weighted by molar-refractivity contribution is 0.0582. The van der Waals surface area contributed by atoms with Crippen molar-refractivity contribution in [3.05, 3.63) is 101 Å². The predicted octanol–water partition coefficient (Wildman–Crippen LogP) is 5.86. The average Bonchev–Trinajstić information content (AvgIpc) is 3.41. The molecule has 0 spiro atoms. The topological polar surface area (TPSA) is 46.6 Å². The van der Waals surface area contributed by atoms with Crippen LogP contribution in [0.25, 0.3) is 0 Å². The van der Waals surface area contributed by atoms with Crippen LogP contribution < -0.4 is 4.74 Å². The molecule has 1 aliphatic carbocycles. The van der Waals surface area contributed by atoms with Crippen LogP contribution in [0.3, 0.4) is 0 Å². The standard InChI is InChI=1S/C29H29NO3/c1-29(2,21-10-4-3-5-11-21)25-14-8-9-15-26(25)33-19-20-16-17-22(18-20)30-27(31)23-12-6-7-13-24(23)28(30)32/h3-15,20,22H,16-19H2,1-2H3. The van der Waals surface area contributed by atoms with Crippen LogP contribution in [0, 0.1) is 5.92 Å². The number of nitrogens with zero attached hydrogens (tertiary/aromatic N) is 1. The van der Waals surface area contributed by atoms with Crippen LogP contribution in [0.5, 0.6) is 5.75 Å². The minimum atomic E-state index is -0.184. The molecule has 5 rings (SSSR count). The van der Waals surface area contributed by atoms with Gasteiger partial charge in [-0.25, -0.2) is 0 Å². The molecule has 1 aliphatic heterocycles. The molecule has 0 aromatic heterocycles. The van der Waals surface area contributed by atoms with E-state index in [4.69, 9.17) is 4.74 Å². The average molecular weight is 440 g/mol. The Morgan fingerprint density at radius 1 is 0.818 bits per heavy atom. The van der Waals surface area contributed by atoms with Gasteiger partial charge in [-0.3, -0.25) is 14.5 Å². The van der Waals surface area contributed by atoms with E-state index in [1.54, 1.807) is 12.1 Å². The summed E-state index contributed by atoms with van der Waals surface area (Å²) < 4.78 is 6.37. The van der Waals surface area contributed by atoms with Crippen LogP contribution in [0.1, 0.15) is 65.0 Å². The maximum absolute atomic E-state index is 12.8. The van der Waals surface area contributed by atoms with E-state index in [-0.39, 0.29) is 23.3 Å². The van der Waals surface area contributed by atoms with E-state index in [0.717, 1.165) is 30.6 Å². The molecule has 2 aliphatic rings. The van der Waals surface area contributed by atoms with E-state index in [0.29, 0.717) is 23.7 Å². The van der Waals surface area contributed by atoms with Gasteiger partial charge in [0, 0.05) is 17.0 Å². The van der Waals surface area contributed by atoms with Gasteiger partial charge in [0.2, 0.25) is 0 Å². The van der Waals surface area contributed by atoms with E-state index in [1.165, 1.54) is 10.5 Å². The third-order valence-electron chi connectivity index (χ3n) is 7.23. The second-order valence-electron chi connectivity index (χ2n) is 9.66. The smallest absolute Gasteiger partial charge is 0.261 e. The predicted molar refractivity (Wildman–Crippen MR) is 129 cm³/mol. The molecule has 0 N–H and O–H groups in total. The van der Waals surface area contributed by atoms with Gasteiger partial charge in [0.1, 0.15) is 5.75 Å². The van der Waals surface area contributed by atoms with Gasteiger partial charge in [0.25, 0.3) is 11.8 Å². The van der Waals surface area contributed by atoms with Gasteiger partial charge in [-0.2, -0.15) is 0 Å². The Balaban J connectivity index is 1.27. The first kappa shape index (κ1) is 21.4. The lowest BCUT2D eigenvalue weighted by Crippen LogP contribution is -2.38. The van der Waals surface area contributed by atoms with Crippen molar-refractivity contribution in [1.82, 2.24) is 4.90 Å². The molecule has 3 aromatic carbocycles. The van der Waals surface area contributed by atoms with Gasteiger partial charge in [0.05, 0.1) is 17.7 Å². The highest BCUT2D eigenvalue weighted by Crippen LogP contribution is 2.39. The number of amides is 2. The molecule has 2 unspecified atom stereocenters. The largest absolute Gasteiger partial charge is 0.493 e. The number of imide groups is 1. The zero-order valence-corrected chi connectivity index (χ0v) is 19.2. The summed E-state index contributed by atoms with van der Waals surface area (Å²) in [5.74, 6) is 0.900. The lowest BCUT2D eigenvalue weighted by atomic mass is 9.78. The van der Waals surface area contributed by atoms with Crippen LogP contribution in [-0.4, -0.2) is 29.4 Å². The van der Waals surface area contributed by atoms with E-state index in [2.05, 4.69) is 50.2 Å². The van der Waals surface area contributed by atoms with Gasteiger partial charge < -0.3 is 4.74 Å². The molecule has 1 saturated carbocycles. The zero-order chi connectivity index (χ0) is 23.0. The zero-order valence-electron chi connectivity index (χ0n) is 19.2. The number of fused-ring (bicyclic) bond motifs is 1. The highest BCUT2D eigenvalue weighted by Gasteiger charge is 2.42. The maximum Gasteiger partial charge on any atom is 0.261 e. The summed E-state index contributed by atoms with van der Waals surface area (Å²) in [6, 6.07) is 25.8. The molecule has 0 radical (unpaired) electrons. The van der Waals surface area contributed by atoms with Crippen LogP contribution in [0.4, 0.5) is 0 Å². The minimum Gasteiger partial charge on any atom is -0.493 e. The van der Waals surface area contributed by atoms with Crippen molar-refractivity contribution in [3.63, 3.8) is 0 Å². The summed E-state index contributed by atoms with van der Waals surface area (Å²) >= 11 is 0. The van der Waals surface area contributed by atoms with Gasteiger partial charge in [-0.1, -0.05) is 74.5 Å². The summed E-state index contributed by atoms with van der Waals surface area (Å²) in [5, 5.41) is 0. The van der Waals surface area contributed by atoms with Crippen molar-refractivity contribution in [3.8, 4) is 5.75 Å². The van der Waals surface area contributed by atoms with E-state index < -0.39 is 0 Å². The third-order valence-corrected chi connectivity index (χ3v) is 7.23. The van der Waals surface area contributed by atoms with Crippen molar-refractivity contribution >= 4 is 11.8 Å². The van der Waals surface area contributed by atoms with Gasteiger partial charge >= 0.3 is 0 Å². The van der Waals surface area contributed by atoms with Crippen molar-refractivity contribution in [2.75, 3.05) is 6.61 Å². The Bertz CT molecular complexity index is 1150. The Morgan fingerprint density at radius 2 is 1.42 bits per heavy atom. The second kappa shape index (κ2) is 8.51. The Morgan fingerprint density at radius 3 is 2.12 bits per heavy atom. The van der Waals surface area contributed by atoms with Crippen molar-refractivity contribution in [1.29, 1.82) is 0 Å². The first-order valence-corrected chi connectivity index (χ1v) is 11.7.